The van der Waals surface area contributed by atoms with E-state index < -0.39 is 0 Å². The summed E-state index contributed by atoms with van der Waals surface area (Å²) in [6.45, 7) is 0.553. The van der Waals surface area contributed by atoms with E-state index in [1.807, 2.05) is 10.8 Å². The minimum atomic E-state index is -0.285. The zero-order valence-corrected chi connectivity index (χ0v) is 14.3. The molecule has 112 valence electrons. The van der Waals surface area contributed by atoms with Crippen LogP contribution in [0, 0.1) is 5.82 Å². The van der Waals surface area contributed by atoms with Crippen LogP contribution in [0.5, 0.6) is 0 Å². The maximum absolute atomic E-state index is 13.3. The summed E-state index contributed by atoms with van der Waals surface area (Å²) in [6.07, 6.45) is 3.55. The van der Waals surface area contributed by atoms with Gasteiger partial charge in [0.1, 0.15) is 11.6 Å². The van der Waals surface area contributed by atoms with E-state index in [1.54, 1.807) is 36.5 Å². The molecule has 0 saturated heterocycles. The highest BCUT2D eigenvalue weighted by Gasteiger charge is 2.11. The molecule has 3 rings (SSSR count). The summed E-state index contributed by atoms with van der Waals surface area (Å²) in [7, 11) is 0. The van der Waals surface area contributed by atoms with Gasteiger partial charge in [-0.3, -0.25) is 0 Å². The van der Waals surface area contributed by atoms with Crippen molar-refractivity contribution in [3.63, 3.8) is 0 Å². The average Bonchev–Trinajstić information content (AvgIpc) is 2.93. The molecule has 0 amide bonds. The Balaban J connectivity index is 1.98. The standard InChI is InChI=1S/C16H10BrCl2FN2/c17-13-7-10(1-4-15(13)20)9-22-6-5-21-16(22)12-8-11(18)2-3-14(12)19/h1-8H,9H2. The lowest BCUT2D eigenvalue weighted by molar-refractivity contribution is 0.619. The second-order valence-corrected chi connectivity index (χ2v) is 6.45. The zero-order chi connectivity index (χ0) is 15.7. The van der Waals surface area contributed by atoms with Crippen LogP contribution < -0.4 is 0 Å². The maximum atomic E-state index is 13.3. The lowest BCUT2D eigenvalue weighted by Gasteiger charge is -2.10. The van der Waals surface area contributed by atoms with Crippen molar-refractivity contribution in [2.45, 2.75) is 6.54 Å². The van der Waals surface area contributed by atoms with E-state index in [2.05, 4.69) is 20.9 Å². The molecule has 0 aliphatic heterocycles. The molecule has 2 aromatic carbocycles. The number of rotatable bonds is 3. The van der Waals surface area contributed by atoms with Crippen molar-refractivity contribution in [1.82, 2.24) is 9.55 Å². The van der Waals surface area contributed by atoms with Gasteiger partial charge >= 0.3 is 0 Å². The van der Waals surface area contributed by atoms with Gasteiger partial charge in [0, 0.05) is 29.5 Å². The predicted octanol–water partition coefficient (Wildman–Crippen LogP) is 5.81. The maximum Gasteiger partial charge on any atom is 0.141 e. The van der Waals surface area contributed by atoms with E-state index in [1.165, 1.54) is 6.07 Å². The fraction of sp³-hybridized carbons (Fsp3) is 0.0625. The lowest BCUT2D eigenvalue weighted by Crippen LogP contribution is -2.02. The predicted molar refractivity (Wildman–Crippen MR) is 90.9 cm³/mol. The van der Waals surface area contributed by atoms with Crippen LogP contribution in [-0.4, -0.2) is 9.55 Å². The van der Waals surface area contributed by atoms with Gasteiger partial charge in [-0.15, -0.1) is 0 Å². The van der Waals surface area contributed by atoms with E-state index >= 15 is 0 Å². The molecule has 0 bridgehead atoms. The van der Waals surface area contributed by atoms with Crippen molar-refractivity contribution in [1.29, 1.82) is 0 Å². The minimum Gasteiger partial charge on any atom is -0.327 e. The first kappa shape index (κ1) is 15.5. The van der Waals surface area contributed by atoms with Gasteiger partial charge in [0.05, 0.1) is 9.50 Å². The molecule has 0 unspecified atom stereocenters. The summed E-state index contributed by atoms with van der Waals surface area (Å²) in [6, 6.07) is 10.2. The second kappa shape index (κ2) is 6.41. The second-order valence-electron chi connectivity index (χ2n) is 4.75. The van der Waals surface area contributed by atoms with Crippen LogP contribution in [0.4, 0.5) is 4.39 Å². The molecule has 0 fully saturated rings. The SMILES string of the molecule is Fc1ccc(Cn2ccnc2-c2cc(Cl)ccc2Cl)cc1Br. The van der Waals surface area contributed by atoms with Gasteiger partial charge in [0.25, 0.3) is 0 Å². The van der Waals surface area contributed by atoms with Crippen molar-refractivity contribution in [2.24, 2.45) is 0 Å². The number of hydrogen-bond acceptors (Lipinski definition) is 1. The molecular weight excluding hydrogens is 390 g/mol. The van der Waals surface area contributed by atoms with Gasteiger partial charge in [-0.05, 0) is 51.8 Å². The van der Waals surface area contributed by atoms with Crippen molar-refractivity contribution >= 4 is 39.1 Å². The fourth-order valence-corrected chi connectivity index (χ4v) is 2.98. The van der Waals surface area contributed by atoms with Gasteiger partial charge in [-0.2, -0.15) is 0 Å². The zero-order valence-electron chi connectivity index (χ0n) is 11.2. The summed E-state index contributed by atoms with van der Waals surface area (Å²) in [5.41, 5.74) is 1.71. The Morgan fingerprint density at radius 1 is 1.14 bits per heavy atom. The van der Waals surface area contributed by atoms with Crippen molar-refractivity contribution in [2.75, 3.05) is 0 Å². The topological polar surface area (TPSA) is 17.8 Å². The molecule has 2 nitrogen and oxygen atoms in total. The molecule has 3 aromatic rings. The highest BCUT2D eigenvalue weighted by Crippen LogP contribution is 2.30. The molecule has 0 aliphatic carbocycles. The monoisotopic (exact) mass is 398 g/mol. The van der Waals surface area contributed by atoms with Crippen molar-refractivity contribution in [3.8, 4) is 11.4 Å². The van der Waals surface area contributed by atoms with Crippen LogP contribution in [0.15, 0.2) is 53.3 Å². The molecule has 0 N–H and O–H groups in total. The summed E-state index contributed by atoms with van der Waals surface area (Å²) < 4.78 is 15.7. The van der Waals surface area contributed by atoms with Gasteiger partial charge < -0.3 is 4.57 Å². The number of benzene rings is 2. The first-order valence-electron chi connectivity index (χ1n) is 6.45. The highest BCUT2D eigenvalue weighted by molar-refractivity contribution is 9.10. The molecule has 1 heterocycles. The quantitative estimate of drug-likeness (QED) is 0.543. The van der Waals surface area contributed by atoms with E-state index in [-0.39, 0.29) is 5.82 Å². The molecule has 0 atom stereocenters. The Morgan fingerprint density at radius 3 is 2.73 bits per heavy atom. The molecule has 0 radical (unpaired) electrons. The Hall–Kier alpha value is -1.36. The van der Waals surface area contributed by atoms with E-state index in [0.29, 0.717) is 26.9 Å². The molecule has 0 spiro atoms. The first-order valence-corrected chi connectivity index (χ1v) is 8.00. The smallest absolute Gasteiger partial charge is 0.141 e. The molecule has 1 aromatic heterocycles. The molecule has 0 aliphatic rings. The highest BCUT2D eigenvalue weighted by atomic mass is 79.9. The molecule has 0 saturated carbocycles. The average molecular weight is 400 g/mol. The third-order valence-electron chi connectivity index (χ3n) is 3.22. The lowest BCUT2D eigenvalue weighted by atomic mass is 10.2. The van der Waals surface area contributed by atoms with Crippen LogP contribution in [0.3, 0.4) is 0 Å². The molecule has 6 heteroatoms. The van der Waals surface area contributed by atoms with Gasteiger partial charge in [-0.1, -0.05) is 29.3 Å². The molecule has 22 heavy (non-hydrogen) atoms. The number of hydrogen-bond donors (Lipinski definition) is 0. The Bertz CT molecular complexity index is 833. The first-order chi connectivity index (χ1) is 10.5. The van der Waals surface area contributed by atoms with Crippen LogP contribution in [0.1, 0.15) is 5.56 Å². The number of halogens is 4. The Labute approximate surface area is 145 Å². The van der Waals surface area contributed by atoms with Gasteiger partial charge in [0.15, 0.2) is 0 Å². The Morgan fingerprint density at radius 2 is 1.95 bits per heavy atom. The fourth-order valence-electron chi connectivity index (χ4n) is 2.18. The summed E-state index contributed by atoms with van der Waals surface area (Å²) >= 11 is 15.5. The summed E-state index contributed by atoms with van der Waals surface area (Å²) in [5, 5.41) is 1.18. The number of nitrogens with zero attached hydrogens (tertiary/aromatic N) is 2. The van der Waals surface area contributed by atoms with Crippen LogP contribution >= 0.6 is 39.1 Å². The van der Waals surface area contributed by atoms with Gasteiger partial charge in [0.2, 0.25) is 0 Å². The largest absolute Gasteiger partial charge is 0.327 e. The number of imidazole rings is 1. The third-order valence-corrected chi connectivity index (χ3v) is 4.39. The third kappa shape index (κ3) is 3.19. The van der Waals surface area contributed by atoms with Crippen molar-refractivity contribution in [3.05, 3.63) is 74.7 Å². The van der Waals surface area contributed by atoms with Crippen LogP contribution in [0.2, 0.25) is 10.0 Å². The normalized spacial score (nSPS) is 10.9. The number of aromatic nitrogens is 2. The summed E-state index contributed by atoms with van der Waals surface area (Å²) in [4.78, 5) is 4.36. The van der Waals surface area contributed by atoms with Crippen molar-refractivity contribution < 1.29 is 4.39 Å². The van der Waals surface area contributed by atoms with E-state index in [0.717, 1.165) is 11.1 Å². The van der Waals surface area contributed by atoms with E-state index in [9.17, 15) is 4.39 Å². The summed E-state index contributed by atoms with van der Waals surface area (Å²) in [5.74, 6) is 0.431. The van der Waals surface area contributed by atoms with E-state index in [4.69, 9.17) is 23.2 Å². The van der Waals surface area contributed by atoms with Crippen LogP contribution in [-0.2, 0) is 6.54 Å². The van der Waals surface area contributed by atoms with Gasteiger partial charge in [-0.25, -0.2) is 9.37 Å². The molecular formula is C16H10BrCl2FN2. The van der Waals surface area contributed by atoms with Crippen LogP contribution in [0.25, 0.3) is 11.4 Å². The minimum absolute atomic E-state index is 0.285. The Kier molecular flexibility index (Phi) is 4.52.